The number of carbonyl (C=O) groups excluding carboxylic acids is 1. The van der Waals surface area contributed by atoms with Crippen LogP contribution in [0.3, 0.4) is 0 Å². The van der Waals surface area contributed by atoms with Gasteiger partial charge in [0.1, 0.15) is 18.0 Å². The van der Waals surface area contributed by atoms with Crippen molar-refractivity contribution in [1.29, 1.82) is 0 Å². The average molecular weight is 381 g/mol. The van der Waals surface area contributed by atoms with E-state index in [0.29, 0.717) is 22.6 Å². The van der Waals surface area contributed by atoms with Gasteiger partial charge in [-0.15, -0.1) is 0 Å². The molecule has 7 heteroatoms. The monoisotopic (exact) mass is 381 g/mol. The first-order chi connectivity index (χ1) is 13.4. The van der Waals surface area contributed by atoms with E-state index in [0.717, 1.165) is 10.9 Å². The molecular weight excluding hydrogens is 358 g/mol. The third-order valence-electron chi connectivity index (χ3n) is 4.63. The predicted octanol–water partition coefficient (Wildman–Crippen LogP) is 2.60. The number of benzene rings is 2. The molecule has 0 aliphatic carbocycles. The van der Waals surface area contributed by atoms with Gasteiger partial charge in [-0.1, -0.05) is 18.2 Å². The van der Waals surface area contributed by atoms with Crippen molar-refractivity contribution >= 4 is 16.7 Å². The second-order valence-corrected chi connectivity index (χ2v) is 6.49. The summed E-state index contributed by atoms with van der Waals surface area (Å²) in [7, 11) is 3.14. The molecule has 0 bridgehead atoms. The Kier molecular flexibility index (Phi) is 5.63. The zero-order valence-electron chi connectivity index (χ0n) is 16.4. The molecule has 1 atom stereocenters. The van der Waals surface area contributed by atoms with Crippen LogP contribution in [0.5, 0.6) is 11.5 Å². The number of aromatic nitrogens is 2. The van der Waals surface area contributed by atoms with Crippen LogP contribution in [0, 0.1) is 6.92 Å². The molecule has 7 nitrogen and oxygen atoms in total. The largest absolute Gasteiger partial charge is 0.497 e. The lowest BCUT2D eigenvalue weighted by Crippen LogP contribution is -2.35. The molecule has 1 N–H and O–H groups in total. The minimum absolute atomic E-state index is 0.159. The summed E-state index contributed by atoms with van der Waals surface area (Å²) in [6.07, 6.45) is 0. The standard InChI is InChI=1S/C21H23N3O4/c1-13(17-10-9-15(27-3)11-19(17)28-4)22-20(25)12-24-21(26)18-8-6-5-7-16(18)14(2)23-24/h5-11,13H,12H2,1-4H3,(H,22,25). The molecule has 1 unspecified atom stereocenters. The highest BCUT2D eigenvalue weighted by Crippen LogP contribution is 2.29. The van der Waals surface area contributed by atoms with Gasteiger partial charge in [-0.05, 0) is 32.0 Å². The number of hydrogen-bond donors (Lipinski definition) is 1. The number of fused-ring (bicyclic) bond motifs is 1. The SMILES string of the molecule is COc1ccc(C(C)NC(=O)Cn2nc(C)c3ccccc3c2=O)c(OC)c1. The highest BCUT2D eigenvalue weighted by Gasteiger charge is 2.17. The highest BCUT2D eigenvalue weighted by atomic mass is 16.5. The van der Waals surface area contributed by atoms with Crippen molar-refractivity contribution in [1.82, 2.24) is 15.1 Å². The van der Waals surface area contributed by atoms with E-state index < -0.39 is 0 Å². The van der Waals surface area contributed by atoms with Crippen LogP contribution in [-0.2, 0) is 11.3 Å². The van der Waals surface area contributed by atoms with E-state index in [4.69, 9.17) is 9.47 Å². The number of aryl methyl sites for hydroxylation is 1. The Hall–Kier alpha value is -3.35. The normalized spacial score (nSPS) is 11.9. The molecule has 1 heterocycles. The second-order valence-electron chi connectivity index (χ2n) is 6.49. The van der Waals surface area contributed by atoms with Gasteiger partial charge in [0, 0.05) is 17.0 Å². The van der Waals surface area contributed by atoms with Crippen LogP contribution >= 0.6 is 0 Å². The van der Waals surface area contributed by atoms with Crippen molar-refractivity contribution < 1.29 is 14.3 Å². The molecule has 146 valence electrons. The number of amides is 1. The number of nitrogens with zero attached hydrogens (tertiary/aromatic N) is 2. The fourth-order valence-electron chi connectivity index (χ4n) is 3.19. The lowest BCUT2D eigenvalue weighted by Gasteiger charge is -2.18. The van der Waals surface area contributed by atoms with E-state index in [1.54, 1.807) is 38.5 Å². The van der Waals surface area contributed by atoms with Gasteiger partial charge < -0.3 is 14.8 Å². The molecule has 0 spiro atoms. The van der Waals surface area contributed by atoms with Gasteiger partial charge in [-0.25, -0.2) is 4.68 Å². The Labute approximate surface area is 162 Å². The highest BCUT2D eigenvalue weighted by molar-refractivity contribution is 5.83. The fraction of sp³-hybridized carbons (Fsp3) is 0.286. The van der Waals surface area contributed by atoms with Gasteiger partial charge >= 0.3 is 0 Å². The third kappa shape index (κ3) is 3.83. The molecule has 0 saturated carbocycles. The van der Waals surface area contributed by atoms with E-state index >= 15 is 0 Å². The lowest BCUT2D eigenvalue weighted by molar-refractivity contribution is -0.122. The summed E-state index contributed by atoms with van der Waals surface area (Å²) in [5.41, 5.74) is 1.23. The Morgan fingerprint density at radius 2 is 1.86 bits per heavy atom. The molecular formula is C21H23N3O4. The van der Waals surface area contributed by atoms with E-state index in [1.165, 1.54) is 4.68 Å². The van der Waals surface area contributed by atoms with Gasteiger partial charge in [-0.2, -0.15) is 5.10 Å². The average Bonchev–Trinajstić information content (AvgIpc) is 2.71. The number of carbonyl (C=O) groups is 1. The number of rotatable bonds is 6. The van der Waals surface area contributed by atoms with Crippen LogP contribution in [0.25, 0.3) is 10.8 Å². The van der Waals surface area contributed by atoms with Gasteiger partial charge in [0.05, 0.1) is 31.3 Å². The summed E-state index contributed by atoms with van der Waals surface area (Å²) in [6, 6.07) is 12.3. The molecule has 0 fully saturated rings. The minimum Gasteiger partial charge on any atom is -0.497 e. The van der Waals surface area contributed by atoms with E-state index in [9.17, 15) is 9.59 Å². The number of hydrogen-bond acceptors (Lipinski definition) is 5. The molecule has 0 radical (unpaired) electrons. The zero-order valence-corrected chi connectivity index (χ0v) is 16.4. The first-order valence-electron chi connectivity index (χ1n) is 8.92. The van der Waals surface area contributed by atoms with Crippen molar-refractivity contribution in [2.24, 2.45) is 0 Å². The molecule has 3 rings (SSSR count). The Bertz CT molecular complexity index is 1070. The van der Waals surface area contributed by atoms with Gasteiger partial charge in [0.15, 0.2) is 0 Å². The van der Waals surface area contributed by atoms with Gasteiger partial charge in [0.2, 0.25) is 5.91 Å². The van der Waals surface area contributed by atoms with Crippen LogP contribution in [-0.4, -0.2) is 29.9 Å². The molecule has 2 aromatic carbocycles. The Balaban J connectivity index is 1.80. The van der Waals surface area contributed by atoms with Gasteiger partial charge in [0.25, 0.3) is 5.56 Å². The van der Waals surface area contributed by atoms with Crippen molar-refractivity contribution in [2.45, 2.75) is 26.4 Å². The summed E-state index contributed by atoms with van der Waals surface area (Å²) in [6.45, 7) is 3.51. The first kappa shape index (κ1) is 19.4. The predicted molar refractivity (Wildman–Crippen MR) is 107 cm³/mol. The van der Waals surface area contributed by atoms with E-state index in [1.807, 2.05) is 32.0 Å². The van der Waals surface area contributed by atoms with Crippen LogP contribution in [0.4, 0.5) is 0 Å². The minimum atomic E-state index is -0.314. The molecule has 28 heavy (non-hydrogen) atoms. The quantitative estimate of drug-likeness (QED) is 0.710. The Morgan fingerprint density at radius 1 is 1.14 bits per heavy atom. The number of ether oxygens (including phenoxy) is 2. The number of nitrogens with one attached hydrogen (secondary N) is 1. The first-order valence-corrected chi connectivity index (χ1v) is 8.92. The summed E-state index contributed by atoms with van der Waals surface area (Å²) in [5.74, 6) is 0.972. The lowest BCUT2D eigenvalue weighted by atomic mass is 10.1. The summed E-state index contributed by atoms with van der Waals surface area (Å²) < 4.78 is 11.8. The summed E-state index contributed by atoms with van der Waals surface area (Å²) in [4.78, 5) is 25.2. The fourth-order valence-corrected chi connectivity index (χ4v) is 3.19. The van der Waals surface area contributed by atoms with Crippen LogP contribution in [0.15, 0.2) is 47.3 Å². The van der Waals surface area contributed by atoms with Crippen LogP contribution in [0.1, 0.15) is 24.2 Å². The Morgan fingerprint density at radius 3 is 2.54 bits per heavy atom. The maximum Gasteiger partial charge on any atom is 0.275 e. The summed E-state index contributed by atoms with van der Waals surface area (Å²) >= 11 is 0. The zero-order chi connectivity index (χ0) is 20.3. The second kappa shape index (κ2) is 8.12. The molecule has 0 aliphatic rings. The molecule has 0 saturated heterocycles. The molecule has 0 aliphatic heterocycles. The summed E-state index contributed by atoms with van der Waals surface area (Å²) in [5, 5.41) is 8.51. The van der Waals surface area contributed by atoms with Crippen LogP contribution < -0.4 is 20.3 Å². The number of methoxy groups -OCH3 is 2. The van der Waals surface area contributed by atoms with Crippen molar-refractivity contribution in [3.8, 4) is 11.5 Å². The maximum atomic E-state index is 12.6. The molecule has 1 aromatic heterocycles. The van der Waals surface area contributed by atoms with Crippen molar-refractivity contribution in [3.05, 3.63) is 64.1 Å². The van der Waals surface area contributed by atoms with E-state index in [-0.39, 0.29) is 24.1 Å². The van der Waals surface area contributed by atoms with Crippen molar-refractivity contribution in [3.63, 3.8) is 0 Å². The topological polar surface area (TPSA) is 82.5 Å². The smallest absolute Gasteiger partial charge is 0.275 e. The van der Waals surface area contributed by atoms with Crippen molar-refractivity contribution in [2.75, 3.05) is 14.2 Å². The molecule has 3 aromatic rings. The third-order valence-corrected chi connectivity index (χ3v) is 4.63. The molecule has 1 amide bonds. The van der Waals surface area contributed by atoms with Crippen LogP contribution in [0.2, 0.25) is 0 Å². The van der Waals surface area contributed by atoms with Gasteiger partial charge in [-0.3, -0.25) is 9.59 Å². The maximum absolute atomic E-state index is 12.6. The van der Waals surface area contributed by atoms with E-state index in [2.05, 4.69) is 10.4 Å².